The molecule has 1 fully saturated rings. The Balaban J connectivity index is 1.65. The van der Waals surface area contributed by atoms with Gasteiger partial charge in [-0.25, -0.2) is 0 Å². The second kappa shape index (κ2) is 12.0. The van der Waals surface area contributed by atoms with Crippen molar-refractivity contribution >= 4 is 47.0 Å². The van der Waals surface area contributed by atoms with Crippen LogP contribution in [0.1, 0.15) is 40.0 Å². The van der Waals surface area contributed by atoms with E-state index >= 15 is 0 Å². The molecule has 4 N–H and O–H groups in total. The Kier molecular flexibility index (Phi) is 9.03. The summed E-state index contributed by atoms with van der Waals surface area (Å²) in [4.78, 5) is 24.2. The Morgan fingerprint density at radius 1 is 1.06 bits per heavy atom. The van der Waals surface area contributed by atoms with Crippen molar-refractivity contribution in [3.05, 3.63) is 42.5 Å². The highest BCUT2D eigenvalue weighted by Gasteiger charge is 2.22. The van der Waals surface area contributed by atoms with Crippen LogP contribution in [0.2, 0.25) is 0 Å². The van der Waals surface area contributed by atoms with Gasteiger partial charge in [0.1, 0.15) is 0 Å². The zero-order valence-electron chi connectivity index (χ0n) is 19.6. The molecule has 7 nitrogen and oxygen atoms in total. The highest BCUT2D eigenvalue weighted by Crippen LogP contribution is 2.31. The maximum absolute atomic E-state index is 12.7. The van der Waals surface area contributed by atoms with Gasteiger partial charge in [-0.1, -0.05) is 20.8 Å². The number of carbonyl (C=O) groups is 2. The summed E-state index contributed by atoms with van der Waals surface area (Å²) in [6.07, 6.45) is 3.97. The average Bonchev–Trinajstić information content (AvgIpc) is 2.80. The fraction of sp³-hybridized carbons (Fsp3) is 0.440. The maximum atomic E-state index is 12.7. The van der Waals surface area contributed by atoms with Gasteiger partial charge in [0.05, 0.1) is 11.4 Å². The first-order chi connectivity index (χ1) is 15.8. The first-order valence-corrected chi connectivity index (χ1v) is 12.2. The van der Waals surface area contributed by atoms with Crippen LogP contribution in [-0.2, 0) is 14.3 Å². The van der Waals surface area contributed by atoms with Crippen molar-refractivity contribution < 1.29 is 14.3 Å². The lowest BCUT2D eigenvalue weighted by Crippen LogP contribution is -2.28. The van der Waals surface area contributed by atoms with E-state index in [-0.39, 0.29) is 5.91 Å². The van der Waals surface area contributed by atoms with Crippen molar-refractivity contribution in [3.63, 3.8) is 0 Å². The molecule has 0 saturated carbocycles. The van der Waals surface area contributed by atoms with Gasteiger partial charge in [-0.05, 0) is 79.6 Å². The molecule has 0 unspecified atom stereocenters. The van der Waals surface area contributed by atoms with Crippen LogP contribution in [0.15, 0.2) is 47.4 Å². The van der Waals surface area contributed by atoms with Gasteiger partial charge in [0.15, 0.2) is 0 Å². The molecule has 2 aromatic carbocycles. The summed E-state index contributed by atoms with van der Waals surface area (Å²) in [5.74, 6) is 0.655. The minimum atomic E-state index is -0.491. The van der Waals surface area contributed by atoms with E-state index in [4.69, 9.17) is 4.74 Å². The molecule has 0 radical (unpaired) electrons. The molecule has 178 valence electrons. The topological polar surface area (TPSA) is 91.5 Å². The molecule has 1 heterocycles. The number of carbonyl (C=O) groups excluding carboxylic acids is 2. The Morgan fingerprint density at radius 3 is 2.42 bits per heavy atom. The number of rotatable bonds is 10. The largest absolute Gasteiger partial charge is 0.383 e. The molecule has 0 aromatic heterocycles. The first-order valence-electron chi connectivity index (χ1n) is 11.4. The van der Waals surface area contributed by atoms with Crippen LogP contribution in [0.4, 0.5) is 22.7 Å². The minimum absolute atomic E-state index is 0.0296. The fourth-order valence-electron chi connectivity index (χ4n) is 3.43. The van der Waals surface area contributed by atoms with Gasteiger partial charge < -0.3 is 25.4 Å². The molecule has 8 heteroatoms. The molecule has 3 rings (SSSR count). The monoisotopic (exact) mass is 470 g/mol. The molecule has 1 aliphatic heterocycles. The second-order valence-corrected chi connectivity index (χ2v) is 10.1. The number of ether oxygens (including phenoxy) is 1. The van der Waals surface area contributed by atoms with Gasteiger partial charge in [0, 0.05) is 41.4 Å². The standard InChI is InChI=1S/C25H34N4O3S/c1-25(2,3)24(31)28-23-16-20(29-33-21-7-4-19(5-8-21)27-17-30)6-9-22(23)26-13-10-18-11-14-32-15-12-18/h4-9,16-18,26,29H,10-15H2,1-3H3,(H,27,30)(H,28,31). The van der Waals surface area contributed by atoms with Crippen LogP contribution in [0.5, 0.6) is 0 Å². The summed E-state index contributed by atoms with van der Waals surface area (Å²) >= 11 is 1.46. The third-order valence-corrected chi connectivity index (χ3v) is 6.37. The Morgan fingerprint density at radius 2 is 1.76 bits per heavy atom. The summed E-state index contributed by atoms with van der Waals surface area (Å²) in [7, 11) is 0. The number of benzene rings is 2. The van der Waals surface area contributed by atoms with Gasteiger partial charge >= 0.3 is 0 Å². The molecule has 2 aromatic rings. The van der Waals surface area contributed by atoms with Crippen molar-refractivity contribution in [2.24, 2.45) is 11.3 Å². The number of anilines is 4. The van der Waals surface area contributed by atoms with Crippen LogP contribution < -0.4 is 20.7 Å². The summed E-state index contributed by atoms with van der Waals surface area (Å²) in [5.41, 5.74) is 2.82. The quantitative estimate of drug-likeness (QED) is 0.267. The van der Waals surface area contributed by atoms with Gasteiger partial charge in [-0.2, -0.15) is 0 Å². The summed E-state index contributed by atoms with van der Waals surface area (Å²) in [5, 5.41) is 9.22. The molecule has 33 heavy (non-hydrogen) atoms. The molecule has 0 aliphatic carbocycles. The van der Waals surface area contributed by atoms with Crippen LogP contribution in [0, 0.1) is 11.3 Å². The molecule has 1 aliphatic rings. The van der Waals surface area contributed by atoms with Crippen molar-refractivity contribution in [1.82, 2.24) is 0 Å². The molecular weight excluding hydrogens is 436 g/mol. The predicted molar refractivity (Wildman–Crippen MR) is 137 cm³/mol. The van der Waals surface area contributed by atoms with E-state index in [0.717, 1.165) is 66.7 Å². The van der Waals surface area contributed by atoms with Crippen molar-refractivity contribution in [2.75, 3.05) is 40.4 Å². The second-order valence-electron chi connectivity index (χ2n) is 9.23. The van der Waals surface area contributed by atoms with E-state index < -0.39 is 5.41 Å². The van der Waals surface area contributed by atoms with Crippen LogP contribution in [-0.4, -0.2) is 32.1 Å². The number of hydrogen-bond acceptors (Lipinski definition) is 6. The molecule has 1 saturated heterocycles. The van der Waals surface area contributed by atoms with E-state index in [0.29, 0.717) is 12.3 Å². The van der Waals surface area contributed by atoms with Crippen molar-refractivity contribution in [3.8, 4) is 0 Å². The van der Waals surface area contributed by atoms with Gasteiger partial charge in [-0.15, -0.1) is 0 Å². The zero-order chi connectivity index (χ0) is 23.7. The van der Waals surface area contributed by atoms with Crippen LogP contribution in [0.25, 0.3) is 0 Å². The molecule has 2 amide bonds. The number of amides is 2. The number of hydrogen-bond donors (Lipinski definition) is 4. The van der Waals surface area contributed by atoms with E-state index in [2.05, 4.69) is 20.7 Å². The fourth-order valence-corrected chi connectivity index (χ4v) is 4.06. The van der Waals surface area contributed by atoms with E-state index in [1.54, 1.807) is 0 Å². The van der Waals surface area contributed by atoms with Gasteiger partial charge in [0.2, 0.25) is 12.3 Å². The summed E-state index contributed by atoms with van der Waals surface area (Å²) in [6.45, 7) is 8.27. The number of nitrogens with one attached hydrogen (secondary N) is 4. The highest BCUT2D eigenvalue weighted by molar-refractivity contribution is 8.00. The van der Waals surface area contributed by atoms with Crippen LogP contribution >= 0.6 is 11.9 Å². The van der Waals surface area contributed by atoms with E-state index in [9.17, 15) is 9.59 Å². The van der Waals surface area contributed by atoms with Gasteiger partial charge in [-0.3, -0.25) is 9.59 Å². The van der Waals surface area contributed by atoms with Crippen molar-refractivity contribution in [1.29, 1.82) is 0 Å². The first kappa shape index (κ1) is 24.9. The average molecular weight is 471 g/mol. The summed E-state index contributed by atoms with van der Waals surface area (Å²) in [6, 6.07) is 13.5. The lowest BCUT2D eigenvalue weighted by Gasteiger charge is -2.23. The lowest BCUT2D eigenvalue weighted by molar-refractivity contribution is -0.123. The lowest BCUT2D eigenvalue weighted by atomic mass is 9.95. The SMILES string of the molecule is CC(C)(C)C(=O)Nc1cc(NSc2ccc(NC=O)cc2)ccc1NCCC1CCOCC1. The third kappa shape index (κ3) is 7.98. The molecular formula is C25H34N4O3S. The van der Waals surface area contributed by atoms with E-state index in [1.807, 2.05) is 63.2 Å². The normalized spacial score (nSPS) is 14.4. The minimum Gasteiger partial charge on any atom is -0.383 e. The van der Waals surface area contributed by atoms with E-state index in [1.165, 1.54) is 11.9 Å². The predicted octanol–water partition coefficient (Wildman–Crippen LogP) is 5.59. The molecule has 0 atom stereocenters. The maximum Gasteiger partial charge on any atom is 0.229 e. The summed E-state index contributed by atoms with van der Waals surface area (Å²) < 4.78 is 8.78. The Hall–Kier alpha value is -2.71. The Bertz CT molecular complexity index is 922. The molecule has 0 spiro atoms. The Labute approximate surface area is 200 Å². The zero-order valence-corrected chi connectivity index (χ0v) is 20.4. The smallest absolute Gasteiger partial charge is 0.229 e. The van der Waals surface area contributed by atoms with Crippen molar-refractivity contribution in [2.45, 2.75) is 44.9 Å². The van der Waals surface area contributed by atoms with Gasteiger partial charge in [0.25, 0.3) is 0 Å². The third-order valence-electron chi connectivity index (χ3n) is 5.52. The highest BCUT2D eigenvalue weighted by atomic mass is 32.2. The molecule has 0 bridgehead atoms. The van der Waals surface area contributed by atoms with Crippen LogP contribution in [0.3, 0.4) is 0 Å².